The van der Waals surface area contributed by atoms with Gasteiger partial charge in [-0.25, -0.2) is 9.37 Å². The Balaban J connectivity index is 0.00000225. The van der Waals surface area contributed by atoms with Crippen molar-refractivity contribution < 1.29 is 4.39 Å². The van der Waals surface area contributed by atoms with E-state index in [4.69, 9.17) is 4.98 Å². The molecule has 4 nitrogen and oxygen atoms in total. The highest BCUT2D eigenvalue weighted by Crippen LogP contribution is 2.28. The van der Waals surface area contributed by atoms with Crippen LogP contribution in [0.25, 0.3) is 0 Å². The van der Waals surface area contributed by atoms with Gasteiger partial charge in [0.05, 0.1) is 0 Å². The number of nitrogens with zero attached hydrogens (tertiary/aromatic N) is 3. The smallest absolute Gasteiger partial charge is 0.229 e. The van der Waals surface area contributed by atoms with E-state index in [1.807, 2.05) is 13.8 Å². The molecule has 3 aromatic rings. The highest BCUT2D eigenvalue weighted by atomic mass is 35.5. The lowest BCUT2D eigenvalue weighted by molar-refractivity contribution is 0.627. The van der Waals surface area contributed by atoms with Crippen molar-refractivity contribution in [3.05, 3.63) is 76.2 Å². The van der Waals surface area contributed by atoms with Gasteiger partial charge in [-0.15, -0.1) is 12.4 Å². The molecule has 1 aliphatic heterocycles. The van der Waals surface area contributed by atoms with Crippen LogP contribution >= 0.6 is 12.4 Å². The van der Waals surface area contributed by atoms with E-state index in [-0.39, 0.29) is 18.2 Å². The van der Waals surface area contributed by atoms with Crippen molar-refractivity contribution in [3.8, 4) is 0 Å². The quantitative estimate of drug-likeness (QED) is 0.652. The molecule has 0 bridgehead atoms. The van der Waals surface area contributed by atoms with Crippen LogP contribution in [0.1, 0.15) is 27.9 Å². The van der Waals surface area contributed by atoms with Crippen molar-refractivity contribution in [3.63, 3.8) is 0 Å². The van der Waals surface area contributed by atoms with Gasteiger partial charge in [-0.1, -0.05) is 24.3 Å². The number of nitrogens with one attached hydrogen (secondary N) is 1. The Hall–Kier alpha value is -2.66. The van der Waals surface area contributed by atoms with Crippen molar-refractivity contribution in [2.45, 2.75) is 33.7 Å². The van der Waals surface area contributed by atoms with Gasteiger partial charge >= 0.3 is 0 Å². The molecule has 0 unspecified atom stereocenters. The Labute approximate surface area is 171 Å². The zero-order chi connectivity index (χ0) is 19.0. The number of benzene rings is 2. The van der Waals surface area contributed by atoms with Crippen molar-refractivity contribution in [2.75, 3.05) is 16.8 Å². The summed E-state index contributed by atoms with van der Waals surface area (Å²) in [6, 6.07) is 13.2. The molecule has 0 amide bonds. The summed E-state index contributed by atoms with van der Waals surface area (Å²) in [4.78, 5) is 11.7. The second kappa shape index (κ2) is 8.15. The molecule has 0 saturated heterocycles. The number of aromatic nitrogens is 2. The summed E-state index contributed by atoms with van der Waals surface area (Å²) >= 11 is 0. The van der Waals surface area contributed by atoms with E-state index in [1.54, 1.807) is 6.07 Å². The van der Waals surface area contributed by atoms with Gasteiger partial charge in [0.25, 0.3) is 0 Å². The van der Waals surface area contributed by atoms with Crippen LogP contribution in [0.5, 0.6) is 0 Å². The first kappa shape index (κ1) is 20.1. The van der Waals surface area contributed by atoms with Gasteiger partial charge in [0.1, 0.15) is 11.6 Å². The second-order valence-electron chi connectivity index (χ2n) is 7.11. The van der Waals surface area contributed by atoms with Crippen molar-refractivity contribution in [1.82, 2.24) is 9.97 Å². The van der Waals surface area contributed by atoms with Gasteiger partial charge < -0.3 is 10.2 Å². The third kappa shape index (κ3) is 3.94. The number of aryl methyl sites for hydroxylation is 2. The SMILES string of the molecule is Cc1cc(F)ccc1Nc1nc(C)c(C)c(N2CCc3ccccc3C2)n1.Cl. The van der Waals surface area contributed by atoms with Gasteiger partial charge in [-0.05, 0) is 62.1 Å². The monoisotopic (exact) mass is 398 g/mol. The van der Waals surface area contributed by atoms with Crippen LogP contribution in [-0.2, 0) is 13.0 Å². The minimum absolute atomic E-state index is 0. The fraction of sp³-hybridized carbons (Fsp3) is 0.273. The van der Waals surface area contributed by atoms with Crippen molar-refractivity contribution >= 4 is 29.9 Å². The van der Waals surface area contributed by atoms with Gasteiger partial charge in [-0.2, -0.15) is 4.98 Å². The van der Waals surface area contributed by atoms with Gasteiger partial charge in [0, 0.05) is 30.0 Å². The summed E-state index contributed by atoms with van der Waals surface area (Å²) in [6.07, 6.45) is 1.01. The topological polar surface area (TPSA) is 41.1 Å². The lowest BCUT2D eigenvalue weighted by atomic mass is 9.99. The van der Waals surface area contributed by atoms with E-state index in [9.17, 15) is 4.39 Å². The van der Waals surface area contributed by atoms with E-state index in [0.29, 0.717) is 5.95 Å². The molecule has 6 heteroatoms. The Bertz CT molecular complexity index is 1010. The molecular formula is C22H24ClFN4. The van der Waals surface area contributed by atoms with Gasteiger partial charge in [-0.3, -0.25) is 0 Å². The minimum atomic E-state index is -0.244. The van der Waals surface area contributed by atoms with E-state index in [1.165, 1.54) is 23.3 Å². The van der Waals surface area contributed by atoms with Gasteiger partial charge in [0.15, 0.2) is 0 Å². The Morgan fingerprint density at radius 3 is 2.50 bits per heavy atom. The number of fused-ring (bicyclic) bond motifs is 1. The molecule has 0 fully saturated rings. The molecule has 4 rings (SSSR count). The molecular weight excluding hydrogens is 375 g/mol. The summed E-state index contributed by atoms with van der Waals surface area (Å²) < 4.78 is 13.4. The fourth-order valence-electron chi connectivity index (χ4n) is 3.54. The molecule has 2 aromatic carbocycles. The molecule has 1 aromatic heterocycles. The molecule has 28 heavy (non-hydrogen) atoms. The normalized spacial score (nSPS) is 12.9. The summed E-state index contributed by atoms with van der Waals surface area (Å²) in [5.41, 5.74) is 6.44. The van der Waals surface area contributed by atoms with Crippen LogP contribution in [0.2, 0.25) is 0 Å². The molecule has 1 N–H and O–H groups in total. The van der Waals surface area contributed by atoms with Crippen molar-refractivity contribution in [2.24, 2.45) is 0 Å². The number of halogens is 2. The first-order valence-corrected chi connectivity index (χ1v) is 9.21. The van der Waals surface area contributed by atoms with E-state index >= 15 is 0 Å². The maximum absolute atomic E-state index is 13.4. The maximum Gasteiger partial charge on any atom is 0.229 e. The molecule has 146 valence electrons. The Morgan fingerprint density at radius 1 is 1.00 bits per heavy atom. The fourth-order valence-corrected chi connectivity index (χ4v) is 3.54. The molecule has 1 aliphatic rings. The standard InChI is InChI=1S/C22H23FN4.ClH/c1-14-12-19(23)8-9-20(14)25-22-24-16(3)15(2)21(26-22)27-11-10-17-6-4-5-7-18(17)13-27;/h4-9,12H,10-11,13H2,1-3H3,(H,24,25,26);1H. The lowest BCUT2D eigenvalue weighted by Crippen LogP contribution is -2.32. The first-order chi connectivity index (χ1) is 13.0. The van der Waals surface area contributed by atoms with Crippen LogP contribution in [0.3, 0.4) is 0 Å². The average molecular weight is 399 g/mol. The van der Waals surface area contributed by atoms with E-state index in [0.717, 1.165) is 47.8 Å². The third-order valence-electron chi connectivity index (χ3n) is 5.23. The van der Waals surface area contributed by atoms with Crippen LogP contribution in [0, 0.1) is 26.6 Å². The summed E-state index contributed by atoms with van der Waals surface area (Å²) in [6.45, 7) is 7.72. The predicted octanol–water partition coefficient (Wildman–Crippen LogP) is 5.27. The molecule has 0 atom stereocenters. The Morgan fingerprint density at radius 2 is 1.75 bits per heavy atom. The molecule has 0 saturated carbocycles. The molecule has 0 radical (unpaired) electrons. The second-order valence-corrected chi connectivity index (χ2v) is 7.11. The lowest BCUT2D eigenvalue weighted by Gasteiger charge is -2.31. The van der Waals surface area contributed by atoms with E-state index < -0.39 is 0 Å². The van der Waals surface area contributed by atoms with Crippen LogP contribution in [0.15, 0.2) is 42.5 Å². The number of anilines is 3. The first-order valence-electron chi connectivity index (χ1n) is 9.21. The van der Waals surface area contributed by atoms with Gasteiger partial charge in [0.2, 0.25) is 5.95 Å². The predicted molar refractivity (Wildman–Crippen MR) is 114 cm³/mol. The molecule has 0 spiro atoms. The zero-order valence-corrected chi connectivity index (χ0v) is 17.1. The van der Waals surface area contributed by atoms with Crippen LogP contribution < -0.4 is 10.2 Å². The maximum atomic E-state index is 13.4. The highest BCUT2D eigenvalue weighted by molar-refractivity contribution is 5.85. The zero-order valence-electron chi connectivity index (χ0n) is 16.3. The summed E-state index contributed by atoms with van der Waals surface area (Å²) in [7, 11) is 0. The van der Waals surface area contributed by atoms with Crippen molar-refractivity contribution in [1.29, 1.82) is 0 Å². The third-order valence-corrected chi connectivity index (χ3v) is 5.23. The number of hydrogen-bond acceptors (Lipinski definition) is 4. The average Bonchev–Trinajstić information content (AvgIpc) is 2.66. The molecule has 0 aliphatic carbocycles. The number of hydrogen-bond donors (Lipinski definition) is 1. The summed E-state index contributed by atoms with van der Waals surface area (Å²) in [5.74, 6) is 1.26. The largest absolute Gasteiger partial charge is 0.352 e. The Kier molecular flexibility index (Phi) is 5.84. The van der Waals surface area contributed by atoms with E-state index in [2.05, 4.69) is 46.4 Å². The van der Waals surface area contributed by atoms with Crippen LogP contribution in [-0.4, -0.2) is 16.5 Å². The minimum Gasteiger partial charge on any atom is -0.352 e. The molecule has 2 heterocycles. The highest BCUT2D eigenvalue weighted by Gasteiger charge is 2.20. The van der Waals surface area contributed by atoms with Crippen LogP contribution in [0.4, 0.5) is 21.8 Å². The summed E-state index contributed by atoms with van der Waals surface area (Å²) in [5, 5.41) is 3.25. The number of rotatable bonds is 3.